The number of rotatable bonds is 5. The van der Waals surface area contributed by atoms with Gasteiger partial charge in [-0.15, -0.1) is 0 Å². The Morgan fingerprint density at radius 3 is 1.87 bits per heavy atom. The average molecular weight is 321 g/mol. The largest absolute Gasteiger partial charge is 0.197 e. The van der Waals surface area contributed by atoms with Crippen molar-refractivity contribution in [2.24, 2.45) is 0 Å². The molecule has 0 radical (unpaired) electrons. The summed E-state index contributed by atoms with van der Waals surface area (Å²) in [6, 6.07) is 28.2. The van der Waals surface area contributed by atoms with Crippen LogP contribution >= 0.6 is 13.5 Å². The van der Waals surface area contributed by atoms with Crippen LogP contribution in [0, 0.1) is 0 Å². The molecule has 0 saturated heterocycles. The summed E-state index contributed by atoms with van der Waals surface area (Å²) < 4.78 is 0. The van der Waals surface area contributed by atoms with E-state index in [9.17, 15) is 0 Å². The van der Waals surface area contributed by atoms with Crippen LogP contribution in [0.1, 0.15) is 25.3 Å². The molecule has 0 aliphatic heterocycles. The SMILES string of the molecule is CCCCc1cccc(-c2ccccc2)c1-c1ccccc1.S. The number of hydrogen-bond acceptors (Lipinski definition) is 0. The van der Waals surface area contributed by atoms with Gasteiger partial charge in [-0.1, -0.05) is 92.2 Å². The van der Waals surface area contributed by atoms with E-state index in [2.05, 4.69) is 85.8 Å². The molecule has 0 atom stereocenters. The molecular formula is C22H24S. The molecule has 1 heteroatoms. The highest BCUT2D eigenvalue weighted by Gasteiger charge is 2.11. The third-order valence-electron chi connectivity index (χ3n) is 4.10. The lowest BCUT2D eigenvalue weighted by Gasteiger charge is -2.15. The van der Waals surface area contributed by atoms with Crippen molar-refractivity contribution in [1.29, 1.82) is 0 Å². The summed E-state index contributed by atoms with van der Waals surface area (Å²) in [4.78, 5) is 0. The van der Waals surface area contributed by atoms with Gasteiger partial charge in [0.1, 0.15) is 0 Å². The van der Waals surface area contributed by atoms with Crippen LogP contribution in [-0.2, 0) is 6.42 Å². The predicted molar refractivity (Wildman–Crippen MR) is 106 cm³/mol. The van der Waals surface area contributed by atoms with Crippen LogP contribution in [-0.4, -0.2) is 0 Å². The Labute approximate surface area is 146 Å². The molecule has 0 N–H and O–H groups in total. The van der Waals surface area contributed by atoms with Crippen molar-refractivity contribution in [2.75, 3.05) is 0 Å². The van der Waals surface area contributed by atoms with Gasteiger partial charge in [0.15, 0.2) is 0 Å². The summed E-state index contributed by atoms with van der Waals surface area (Å²) in [5.74, 6) is 0. The Bertz CT molecular complexity index is 717. The summed E-state index contributed by atoms with van der Waals surface area (Å²) in [5, 5.41) is 0. The third kappa shape index (κ3) is 4.05. The van der Waals surface area contributed by atoms with Crippen molar-refractivity contribution in [3.63, 3.8) is 0 Å². The van der Waals surface area contributed by atoms with Gasteiger partial charge in [0.05, 0.1) is 0 Å². The van der Waals surface area contributed by atoms with Crippen molar-refractivity contribution < 1.29 is 0 Å². The van der Waals surface area contributed by atoms with Gasteiger partial charge in [-0.3, -0.25) is 0 Å². The maximum absolute atomic E-state index is 2.28. The van der Waals surface area contributed by atoms with E-state index in [0.717, 1.165) is 6.42 Å². The fraction of sp³-hybridized carbons (Fsp3) is 0.182. The lowest BCUT2D eigenvalue weighted by molar-refractivity contribution is 0.796. The molecule has 3 aromatic rings. The molecule has 0 amide bonds. The minimum Gasteiger partial charge on any atom is -0.197 e. The maximum atomic E-state index is 2.28. The second-order valence-corrected chi connectivity index (χ2v) is 5.68. The van der Waals surface area contributed by atoms with Gasteiger partial charge < -0.3 is 0 Å². The molecule has 0 aliphatic carbocycles. The van der Waals surface area contributed by atoms with Gasteiger partial charge in [-0.25, -0.2) is 0 Å². The molecule has 0 aliphatic rings. The maximum Gasteiger partial charge on any atom is -0.00733 e. The summed E-state index contributed by atoms with van der Waals surface area (Å²) in [6.45, 7) is 2.25. The van der Waals surface area contributed by atoms with E-state index in [1.165, 1.54) is 40.7 Å². The molecule has 0 spiro atoms. The minimum atomic E-state index is 0. The van der Waals surface area contributed by atoms with E-state index in [-0.39, 0.29) is 13.5 Å². The lowest BCUT2D eigenvalue weighted by atomic mass is 9.89. The highest BCUT2D eigenvalue weighted by atomic mass is 32.1. The summed E-state index contributed by atoms with van der Waals surface area (Å²) in [5.41, 5.74) is 6.78. The first-order chi connectivity index (χ1) is 10.9. The van der Waals surface area contributed by atoms with Gasteiger partial charge in [0.25, 0.3) is 0 Å². The smallest absolute Gasteiger partial charge is 0.00733 e. The summed E-state index contributed by atoms with van der Waals surface area (Å²) in [7, 11) is 0. The van der Waals surface area contributed by atoms with Gasteiger partial charge >= 0.3 is 0 Å². The zero-order chi connectivity index (χ0) is 15.2. The predicted octanol–water partition coefficient (Wildman–Crippen LogP) is 6.48. The molecule has 118 valence electrons. The zero-order valence-corrected chi connectivity index (χ0v) is 14.6. The first-order valence-electron chi connectivity index (χ1n) is 8.13. The van der Waals surface area contributed by atoms with Crippen LogP contribution in [0.5, 0.6) is 0 Å². The molecule has 23 heavy (non-hydrogen) atoms. The van der Waals surface area contributed by atoms with Crippen molar-refractivity contribution in [3.8, 4) is 22.3 Å². The van der Waals surface area contributed by atoms with Crippen LogP contribution in [0.15, 0.2) is 78.9 Å². The zero-order valence-electron chi connectivity index (χ0n) is 13.6. The monoisotopic (exact) mass is 320 g/mol. The number of benzene rings is 3. The molecule has 0 saturated carbocycles. The quantitative estimate of drug-likeness (QED) is 0.505. The van der Waals surface area contributed by atoms with Gasteiger partial charge in [0.2, 0.25) is 0 Å². The second kappa shape index (κ2) is 8.59. The fourth-order valence-electron chi connectivity index (χ4n) is 2.98. The molecule has 0 nitrogen and oxygen atoms in total. The van der Waals surface area contributed by atoms with Gasteiger partial charge in [-0.2, -0.15) is 13.5 Å². The van der Waals surface area contributed by atoms with E-state index in [1.54, 1.807) is 0 Å². The van der Waals surface area contributed by atoms with Crippen molar-refractivity contribution >= 4 is 13.5 Å². The third-order valence-corrected chi connectivity index (χ3v) is 4.10. The Balaban J connectivity index is 0.00000192. The Kier molecular flexibility index (Phi) is 6.49. The molecular weight excluding hydrogens is 296 g/mol. The van der Waals surface area contributed by atoms with E-state index < -0.39 is 0 Å². The molecule has 0 aromatic heterocycles. The van der Waals surface area contributed by atoms with E-state index >= 15 is 0 Å². The van der Waals surface area contributed by atoms with Crippen LogP contribution in [0.3, 0.4) is 0 Å². The average Bonchev–Trinajstić information content (AvgIpc) is 2.61. The number of hydrogen-bond donors (Lipinski definition) is 0. The highest BCUT2D eigenvalue weighted by Crippen LogP contribution is 2.35. The second-order valence-electron chi connectivity index (χ2n) is 5.68. The molecule has 0 bridgehead atoms. The van der Waals surface area contributed by atoms with Gasteiger partial charge in [-0.05, 0) is 40.7 Å². The van der Waals surface area contributed by atoms with E-state index in [4.69, 9.17) is 0 Å². The number of unbranched alkanes of at least 4 members (excludes halogenated alkanes) is 1. The van der Waals surface area contributed by atoms with Gasteiger partial charge in [0, 0.05) is 0 Å². The summed E-state index contributed by atoms with van der Waals surface area (Å²) in [6.07, 6.45) is 3.60. The van der Waals surface area contributed by atoms with Crippen molar-refractivity contribution in [3.05, 3.63) is 84.4 Å². The first-order valence-corrected chi connectivity index (χ1v) is 8.13. The molecule has 0 unspecified atom stereocenters. The van der Waals surface area contributed by atoms with Crippen molar-refractivity contribution in [1.82, 2.24) is 0 Å². The highest BCUT2D eigenvalue weighted by molar-refractivity contribution is 7.59. The Morgan fingerprint density at radius 1 is 0.652 bits per heavy atom. The Hall–Kier alpha value is -1.99. The lowest BCUT2D eigenvalue weighted by Crippen LogP contribution is -1.94. The molecule has 0 heterocycles. The Morgan fingerprint density at radius 2 is 1.26 bits per heavy atom. The van der Waals surface area contributed by atoms with Crippen LogP contribution < -0.4 is 0 Å². The molecule has 3 rings (SSSR count). The molecule has 0 fully saturated rings. The van der Waals surface area contributed by atoms with Crippen LogP contribution in [0.2, 0.25) is 0 Å². The standard InChI is InChI=1S/C22H22.H2S/c1-2-3-11-19-16-10-17-21(18-12-6-4-7-13-18)22(19)20-14-8-5-9-15-20;/h4-10,12-17H,2-3,11H2,1H3;1H2. The number of aryl methyl sites for hydroxylation is 1. The topological polar surface area (TPSA) is 0 Å². The fourth-order valence-corrected chi connectivity index (χ4v) is 2.98. The normalized spacial score (nSPS) is 10.1. The molecule has 3 aromatic carbocycles. The van der Waals surface area contributed by atoms with Crippen molar-refractivity contribution in [2.45, 2.75) is 26.2 Å². The first kappa shape index (κ1) is 17.4. The minimum absolute atomic E-state index is 0. The van der Waals surface area contributed by atoms with E-state index in [0.29, 0.717) is 0 Å². The summed E-state index contributed by atoms with van der Waals surface area (Å²) >= 11 is 0. The van der Waals surface area contributed by atoms with Crippen LogP contribution in [0.4, 0.5) is 0 Å². The van der Waals surface area contributed by atoms with E-state index in [1.807, 2.05) is 0 Å². The van der Waals surface area contributed by atoms with Crippen LogP contribution in [0.25, 0.3) is 22.3 Å².